The molecule has 0 bridgehead atoms. The van der Waals surface area contributed by atoms with E-state index in [2.05, 4.69) is 22.8 Å². The minimum atomic E-state index is -1.08. The Morgan fingerprint density at radius 1 is 1.06 bits per heavy atom. The third kappa shape index (κ3) is 6.19. The Morgan fingerprint density at radius 2 is 1.63 bits per heavy atom. The molecule has 3 N–H and O–H groups in total. The molecule has 0 saturated carbocycles. The molecule has 8 nitrogen and oxygen atoms in total. The zero-order valence-corrected chi connectivity index (χ0v) is 20.8. The molecule has 0 saturated heterocycles. The fourth-order valence-corrected chi connectivity index (χ4v) is 4.20. The summed E-state index contributed by atoms with van der Waals surface area (Å²) in [6.07, 6.45) is 0.0475. The molecule has 0 fully saturated rings. The summed E-state index contributed by atoms with van der Waals surface area (Å²) in [5.74, 6) is -1.49. The minimum Gasteiger partial charge on any atom is -0.481 e. The van der Waals surface area contributed by atoms with Gasteiger partial charge in [0.1, 0.15) is 12.6 Å². The van der Waals surface area contributed by atoms with Gasteiger partial charge in [0.25, 0.3) is 0 Å². The number of alkyl carbamates (subject to hydrolysis) is 1. The SMILES string of the molecule is CCC(C)(CNC(=O)C(CCN(C)C)NC(=O)OCC1c2ccccc2-c2ccccc21)C(=O)O. The number of carboxylic acid groups (broad SMARTS) is 1. The molecule has 8 heteroatoms. The van der Waals surface area contributed by atoms with E-state index >= 15 is 0 Å². The van der Waals surface area contributed by atoms with Crippen molar-refractivity contribution < 1.29 is 24.2 Å². The number of carbonyl (C=O) groups excluding carboxylic acids is 2. The molecule has 1 aliphatic rings. The lowest BCUT2D eigenvalue weighted by atomic mass is 9.87. The Balaban J connectivity index is 1.65. The van der Waals surface area contributed by atoms with Crippen molar-refractivity contribution in [1.82, 2.24) is 15.5 Å². The maximum Gasteiger partial charge on any atom is 0.407 e. The molecule has 188 valence electrons. The molecule has 0 radical (unpaired) electrons. The number of carbonyl (C=O) groups is 3. The summed E-state index contributed by atoms with van der Waals surface area (Å²) in [4.78, 5) is 39.1. The molecule has 0 spiro atoms. The van der Waals surface area contributed by atoms with Gasteiger partial charge in [-0.3, -0.25) is 9.59 Å². The van der Waals surface area contributed by atoms with Gasteiger partial charge < -0.3 is 25.4 Å². The van der Waals surface area contributed by atoms with Crippen LogP contribution in [0.3, 0.4) is 0 Å². The Morgan fingerprint density at radius 3 is 2.14 bits per heavy atom. The average molecular weight is 482 g/mol. The third-order valence-corrected chi connectivity index (χ3v) is 6.77. The van der Waals surface area contributed by atoms with E-state index in [0.717, 1.165) is 22.3 Å². The molecule has 3 rings (SSSR count). The quantitative estimate of drug-likeness (QED) is 0.454. The van der Waals surface area contributed by atoms with E-state index in [1.807, 2.05) is 55.4 Å². The van der Waals surface area contributed by atoms with E-state index in [1.165, 1.54) is 0 Å². The van der Waals surface area contributed by atoms with Crippen LogP contribution in [0.5, 0.6) is 0 Å². The first-order chi connectivity index (χ1) is 16.7. The van der Waals surface area contributed by atoms with Crippen LogP contribution in [0, 0.1) is 5.41 Å². The summed E-state index contributed by atoms with van der Waals surface area (Å²) >= 11 is 0. The standard InChI is InChI=1S/C27H35N3O5/c1-5-27(2,25(32)33)17-28-24(31)23(14-15-30(3)4)29-26(34)35-16-22-20-12-8-6-10-18(20)19-11-7-9-13-21(19)22/h6-13,22-23H,5,14-17H2,1-4H3,(H,28,31)(H,29,34)(H,32,33). The number of fused-ring (bicyclic) bond motifs is 3. The van der Waals surface area contributed by atoms with Crippen LogP contribution >= 0.6 is 0 Å². The molecule has 0 aliphatic heterocycles. The van der Waals surface area contributed by atoms with Crippen LogP contribution in [0.25, 0.3) is 11.1 Å². The molecule has 1 aliphatic carbocycles. The summed E-state index contributed by atoms with van der Waals surface area (Å²) in [7, 11) is 3.75. The van der Waals surface area contributed by atoms with Crippen molar-refractivity contribution in [2.75, 3.05) is 33.8 Å². The Labute approximate surface area is 206 Å². The molecule has 35 heavy (non-hydrogen) atoms. The van der Waals surface area contributed by atoms with Gasteiger partial charge in [0.15, 0.2) is 0 Å². The fraction of sp³-hybridized carbons (Fsp3) is 0.444. The lowest BCUT2D eigenvalue weighted by Gasteiger charge is -2.26. The van der Waals surface area contributed by atoms with Crippen LogP contribution in [-0.2, 0) is 14.3 Å². The van der Waals surface area contributed by atoms with Crippen molar-refractivity contribution in [2.24, 2.45) is 5.41 Å². The van der Waals surface area contributed by atoms with Gasteiger partial charge in [0.05, 0.1) is 5.41 Å². The van der Waals surface area contributed by atoms with E-state index in [4.69, 9.17) is 4.74 Å². The number of hydrogen-bond acceptors (Lipinski definition) is 5. The van der Waals surface area contributed by atoms with Crippen molar-refractivity contribution in [1.29, 1.82) is 0 Å². The molecule has 2 atom stereocenters. The maximum atomic E-state index is 12.9. The van der Waals surface area contributed by atoms with Gasteiger partial charge in [-0.1, -0.05) is 55.5 Å². The number of carboxylic acids is 1. The predicted octanol–water partition coefficient (Wildman–Crippen LogP) is 3.46. The van der Waals surface area contributed by atoms with Gasteiger partial charge in [-0.05, 0) is 62.7 Å². The Hall–Kier alpha value is -3.39. The topological polar surface area (TPSA) is 108 Å². The van der Waals surface area contributed by atoms with Crippen molar-refractivity contribution in [3.63, 3.8) is 0 Å². The van der Waals surface area contributed by atoms with Crippen molar-refractivity contribution in [3.05, 3.63) is 59.7 Å². The highest BCUT2D eigenvalue weighted by molar-refractivity contribution is 5.86. The highest BCUT2D eigenvalue weighted by Gasteiger charge is 2.33. The van der Waals surface area contributed by atoms with Crippen LogP contribution in [0.1, 0.15) is 43.7 Å². The van der Waals surface area contributed by atoms with Crippen LogP contribution in [0.15, 0.2) is 48.5 Å². The van der Waals surface area contributed by atoms with Crippen molar-refractivity contribution in [2.45, 2.75) is 38.6 Å². The van der Waals surface area contributed by atoms with E-state index in [1.54, 1.807) is 13.8 Å². The first-order valence-electron chi connectivity index (χ1n) is 11.9. The minimum absolute atomic E-state index is 0.0253. The first-order valence-corrected chi connectivity index (χ1v) is 11.9. The zero-order valence-electron chi connectivity index (χ0n) is 20.8. The van der Waals surface area contributed by atoms with Gasteiger partial charge in [-0.2, -0.15) is 0 Å². The number of aliphatic carboxylic acids is 1. The van der Waals surface area contributed by atoms with Crippen molar-refractivity contribution in [3.8, 4) is 11.1 Å². The summed E-state index contributed by atoms with van der Waals surface area (Å²) in [6.45, 7) is 4.03. The number of hydrogen-bond donors (Lipinski definition) is 3. The lowest BCUT2D eigenvalue weighted by molar-refractivity contribution is -0.148. The zero-order chi connectivity index (χ0) is 25.6. The molecule has 2 aromatic rings. The van der Waals surface area contributed by atoms with Gasteiger partial charge >= 0.3 is 12.1 Å². The van der Waals surface area contributed by atoms with Gasteiger partial charge in [0.2, 0.25) is 5.91 Å². The van der Waals surface area contributed by atoms with Gasteiger partial charge in [-0.15, -0.1) is 0 Å². The first kappa shape index (κ1) is 26.2. The highest BCUT2D eigenvalue weighted by atomic mass is 16.5. The third-order valence-electron chi connectivity index (χ3n) is 6.77. The largest absolute Gasteiger partial charge is 0.481 e. The van der Waals surface area contributed by atoms with Crippen LogP contribution in [-0.4, -0.2) is 67.8 Å². The van der Waals surface area contributed by atoms with Crippen molar-refractivity contribution >= 4 is 18.0 Å². The van der Waals surface area contributed by atoms with E-state index < -0.39 is 29.4 Å². The van der Waals surface area contributed by atoms with E-state index in [0.29, 0.717) is 19.4 Å². The molecule has 2 unspecified atom stereocenters. The number of amides is 2. The summed E-state index contributed by atoms with van der Waals surface area (Å²) < 4.78 is 5.59. The molecular weight excluding hydrogens is 446 g/mol. The average Bonchev–Trinajstić information content (AvgIpc) is 3.17. The van der Waals surface area contributed by atoms with E-state index in [9.17, 15) is 19.5 Å². The lowest BCUT2D eigenvalue weighted by Crippen LogP contribution is -2.51. The number of ether oxygens (including phenoxy) is 1. The fourth-order valence-electron chi connectivity index (χ4n) is 4.20. The smallest absolute Gasteiger partial charge is 0.407 e. The van der Waals surface area contributed by atoms with E-state index in [-0.39, 0.29) is 19.1 Å². The number of nitrogens with zero attached hydrogens (tertiary/aromatic N) is 1. The molecule has 0 heterocycles. The second kappa shape index (κ2) is 11.4. The number of benzene rings is 2. The van der Waals surface area contributed by atoms with Crippen LogP contribution in [0.4, 0.5) is 4.79 Å². The Bertz CT molecular complexity index is 1020. The normalized spacial score (nSPS) is 15.0. The molecular formula is C27H35N3O5. The highest BCUT2D eigenvalue weighted by Crippen LogP contribution is 2.44. The van der Waals surface area contributed by atoms with Gasteiger partial charge in [-0.25, -0.2) is 4.79 Å². The number of nitrogens with one attached hydrogen (secondary N) is 2. The molecule has 2 aromatic carbocycles. The van der Waals surface area contributed by atoms with Crippen LogP contribution < -0.4 is 10.6 Å². The summed E-state index contributed by atoms with van der Waals surface area (Å²) in [6, 6.07) is 15.3. The summed E-state index contributed by atoms with van der Waals surface area (Å²) in [5.41, 5.74) is 3.41. The predicted molar refractivity (Wildman–Crippen MR) is 134 cm³/mol. The Kier molecular flexibility index (Phi) is 8.51. The monoisotopic (exact) mass is 481 g/mol. The number of rotatable bonds is 11. The molecule has 0 aromatic heterocycles. The molecule has 2 amide bonds. The summed E-state index contributed by atoms with van der Waals surface area (Å²) in [5, 5.41) is 14.9. The van der Waals surface area contributed by atoms with Crippen LogP contribution in [0.2, 0.25) is 0 Å². The second-order valence-corrected chi connectivity index (χ2v) is 9.55. The second-order valence-electron chi connectivity index (χ2n) is 9.55. The maximum absolute atomic E-state index is 12.9. The van der Waals surface area contributed by atoms with Gasteiger partial charge in [0, 0.05) is 12.5 Å².